The number of anilines is 1. The van der Waals surface area contributed by atoms with Crippen LogP contribution in [0, 0.1) is 5.82 Å². The first-order valence-corrected chi connectivity index (χ1v) is 7.28. The SMILES string of the molecule is NC1(C(=O)O)CCN(c2ccc(S(N)(=O)=O)cc2F)C1. The Labute approximate surface area is 115 Å². The maximum atomic E-state index is 13.9. The van der Waals surface area contributed by atoms with E-state index >= 15 is 0 Å². The van der Waals surface area contributed by atoms with Crippen LogP contribution in [0.3, 0.4) is 0 Å². The molecule has 1 unspecified atom stereocenters. The molecule has 1 aliphatic rings. The normalized spacial score (nSPS) is 23.1. The van der Waals surface area contributed by atoms with E-state index in [1.54, 1.807) is 0 Å². The summed E-state index contributed by atoms with van der Waals surface area (Å²) < 4.78 is 36.2. The fourth-order valence-electron chi connectivity index (χ4n) is 2.13. The highest BCUT2D eigenvalue weighted by Gasteiger charge is 2.41. The second kappa shape index (κ2) is 4.69. The van der Waals surface area contributed by atoms with Crippen LogP contribution in [0.25, 0.3) is 0 Å². The third-order valence-corrected chi connectivity index (χ3v) is 4.23. The number of rotatable bonds is 3. The van der Waals surface area contributed by atoms with E-state index in [2.05, 4.69) is 0 Å². The zero-order chi connectivity index (χ0) is 15.1. The fraction of sp³-hybridized carbons (Fsp3) is 0.364. The number of halogens is 1. The number of benzene rings is 1. The highest BCUT2D eigenvalue weighted by Crippen LogP contribution is 2.28. The Balaban J connectivity index is 2.30. The Kier molecular flexibility index (Phi) is 3.44. The number of aliphatic carboxylic acids is 1. The minimum Gasteiger partial charge on any atom is -0.480 e. The van der Waals surface area contributed by atoms with Crippen LogP contribution in [0.2, 0.25) is 0 Å². The van der Waals surface area contributed by atoms with Gasteiger partial charge in [-0.1, -0.05) is 0 Å². The van der Waals surface area contributed by atoms with Gasteiger partial charge >= 0.3 is 5.97 Å². The van der Waals surface area contributed by atoms with E-state index in [-0.39, 0.29) is 30.1 Å². The first kappa shape index (κ1) is 14.7. The third kappa shape index (κ3) is 2.60. The van der Waals surface area contributed by atoms with Crippen molar-refractivity contribution in [3.8, 4) is 0 Å². The van der Waals surface area contributed by atoms with Crippen molar-refractivity contribution in [2.45, 2.75) is 16.9 Å². The zero-order valence-electron chi connectivity index (χ0n) is 10.4. The van der Waals surface area contributed by atoms with Crippen molar-refractivity contribution in [3.63, 3.8) is 0 Å². The number of carbonyl (C=O) groups is 1. The molecular formula is C11H14FN3O4S. The first-order chi connectivity index (χ1) is 9.13. The van der Waals surface area contributed by atoms with Gasteiger partial charge in [0.1, 0.15) is 11.4 Å². The van der Waals surface area contributed by atoms with Crippen LogP contribution in [0.4, 0.5) is 10.1 Å². The van der Waals surface area contributed by atoms with Gasteiger partial charge in [0, 0.05) is 13.1 Å². The Morgan fingerprint density at radius 2 is 2.10 bits per heavy atom. The number of primary sulfonamides is 1. The minimum atomic E-state index is -3.98. The lowest BCUT2D eigenvalue weighted by atomic mass is 10.0. The van der Waals surface area contributed by atoms with E-state index in [4.69, 9.17) is 16.0 Å². The molecule has 0 bridgehead atoms. The molecule has 1 saturated heterocycles. The molecular weight excluding hydrogens is 289 g/mol. The van der Waals surface area contributed by atoms with Gasteiger partial charge in [-0.3, -0.25) is 4.79 Å². The van der Waals surface area contributed by atoms with Gasteiger partial charge in [0.2, 0.25) is 10.0 Å². The van der Waals surface area contributed by atoms with Gasteiger partial charge < -0.3 is 15.7 Å². The molecule has 0 radical (unpaired) electrons. The van der Waals surface area contributed by atoms with Crippen molar-refractivity contribution in [2.24, 2.45) is 10.9 Å². The number of hydrogen-bond donors (Lipinski definition) is 3. The van der Waals surface area contributed by atoms with Gasteiger partial charge in [-0.15, -0.1) is 0 Å². The summed E-state index contributed by atoms with van der Waals surface area (Å²) in [6, 6.07) is 3.23. The van der Waals surface area contributed by atoms with Crippen molar-refractivity contribution in [3.05, 3.63) is 24.0 Å². The molecule has 0 aliphatic carbocycles. The largest absolute Gasteiger partial charge is 0.480 e. The van der Waals surface area contributed by atoms with Crippen molar-refractivity contribution in [1.29, 1.82) is 0 Å². The quantitative estimate of drug-likeness (QED) is 0.688. The van der Waals surface area contributed by atoms with Gasteiger partial charge in [-0.25, -0.2) is 17.9 Å². The van der Waals surface area contributed by atoms with Crippen LogP contribution < -0.4 is 15.8 Å². The Hall–Kier alpha value is -1.71. The standard InChI is InChI=1S/C11H14FN3O4S/c12-8-5-7(20(14,18)19)1-2-9(8)15-4-3-11(13,6-15)10(16)17/h1-2,5H,3-4,6,13H2,(H,16,17)(H2,14,18,19). The van der Waals surface area contributed by atoms with Gasteiger partial charge in [-0.05, 0) is 24.6 Å². The molecule has 0 spiro atoms. The fourth-order valence-corrected chi connectivity index (χ4v) is 2.66. The molecule has 1 atom stereocenters. The number of sulfonamides is 1. The summed E-state index contributed by atoms with van der Waals surface area (Å²) >= 11 is 0. The van der Waals surface area contributed by atoms with Crippen molar-refractivity contribution in [1.82, 2.24) is 0 Å². The Morgan fingerprint density at radius 1 is 1.45 bits per heavy atom. The summed E-state index contributed by atoms with van der Waals surface area (Å²) in [6.07, 6.45) is 0.179. The van der Waals surface area contributed by atoms with E-state index in [1.165, 1.54) is 17.0 Å². The molecule has 7 nitrogen and oxygen atoms in total. The summed E-state index contributed by atoms with van der Waals surface area (Å²) in [7, 11) is -3.98. The molecule has 1 aromatic carbocycles. The Bertz CT molecular complexity index is 664. The molecule has 5 N–H and O–H groups in total. The van der Waals surface area contributed by atoms with Crippen molar-refractivity contribution < 1.29 is 22.7 Å². The molecule has 2 rings (SSSR count). The number of hydrogen-bond acceptors (Lipinski definition) is 5. The molecule has 1 aliphatic heterocycles. The summed E-state index contributed by atoms with van der Waals surface area (Å²) in [5.41, 5.74) is 4.38. The monoisotopic (exact) mass is 303 g/mol. The molecule has 1 heterocycles. The predicted molar refractivity (Wildman–Crippen MR) is 69.2 cm³/mol. The minimum absolute atomic E-state index is 0.0476. The van der Waals surface area contributed by atoms with E-state index in [1.807, 2.05) is 0 Å². The second-order valence-corrected chi connectivity index (χ2v) is 6.35. The van der Waals surface area contributed by atoms with Crippen LogP contribution in [-0.2, 0) is 14.8 Å². The van der Waals surface area contributed by atoms with Crippen LogP contribution in [0.5, 0.6) is 0 Å². The van der Waals surface area contributed by atoms with E-state index in [9.17, 15) is 17.6 Å². The van der Waals surface area contributed by atoms with Crippen molar-refractivity contribution in [2.75, 3.05) is 18.0 Å². The average molecular weight is 303 g/mol. The number of carboxylic acids is 1. The zero-order valence-corrected chi connectivity index (χ0v) is 11.2. The number of nitrogens with two attached hydrogens (primary N) is 2. The smallest absolute Gasteiger partial charge is 0.325 e. The van der Waals surface area contributed by atoms with Gasteiger partial charge in [0.05, 0.1) is 10.6 Å². The maximum Gasteiger partial charge on any atom is 0.325 e. The summed E-state index contributed by atoms with van der Waals surface area (Å²) in [6.45, 7) is 0.225. The second-order valence-electron chi connectivity index (χ2n) is 4.79. The highest BCUT2D eigenvalue weighted by atomic mass is 32.2. The number of carboxylic acid groups (broad SMARTS) is 1. The molecule has 0 aromatic heterocycles. The van der Waals surface area contributed by atoms with Gasteiger partial charge in [-0.2, -0.15) is 0 Å². The van der Waals surface area contributed by atoms with Crippen LogP contribution in [0.1, 0.15) is 6.42 Å². The summed E-state index contributed by atoms with van der Waals surface area (Å²) in [5, 5.41) is 13.9. The Morgan fingerprint density at radius 3 is 2.55 bits per heavy atom. The van der Waals surface area contributed by atoms with Gasteiger partial charge in [0.15, 0.2) is 0 Å². The van der Waals surface area contributed by atoms with Crippen molar-refractivity contribution >= 4 is 21.7 Å². The topological polar surface area (TPSA) is 127 Å². The maximum absolute atomic E-state index is 13.9. The summed E-state index contributed by atoms with van der Waals surface area (Å²) in [5.74, 6) is -1.94. The van der Waals surface area contributed by atoms with Crippen LogP contribution in [-0.4, -0.2) is 38.1 Å². The lowest BCUT2D eigenvalue weighted by Gasteiger charge is -2.22. The summed E-state index contributed by atoms with van der Waals surface area (Å²) in [4.78, 5) is 12.2. The van der Waals surface area contributed by atoms with Gasteiger partial charge in [0.25, 0.3) is 0 Å². The third-order valence-electron chi connectivity index (χ3n) is 3.32. The highest BCUT2D eigenvalue weighted by molar-refractivity contribution is 7.89. The lowest BCUT2D eigenvalue weighted by molar-refractivity contribution is -0.142. The van der Waals surface area contributed by atoms with E-state index < -0.39 is 27.3 Å². The number of nitrogens with zero attached hydrogens (tertiary/aromatic N) is 1. The first-order valence-electron chi connectivity index (χ1n) is 5.73. The van der Waals surface area contributed by atoms with E-state index in [0.29, 0.717) is 0 Å². The molecule has 9 heteroatoms. The molecule has 0 saturated carbocycles. The molecule has 1 fully saturated rings. The van der Waals surface area contributed by atoms with Crippen LogP contribution in [0.15, 0.2) is 23.1 Å². The lowest BCUT2D eigenvalue weighted by Crippen LogP contribution is -2.50. The van der Waals surface area contributed by atoms with Crippen LogP contribution >= 0.6 is 0 Å². The predicted octanol–water partition coefficient (Wildman–Crippen LogP) is -0.535. The molecule has 0 amide bonds. The van der Waals surface area contributed by atoms with E-state index in [0.717, 1.165) is 6.07 Å². The molecule has 1 aromatic rings. The molecule has 110 valence electrons. The molecule has 20 heavy (non-hydrogen) atoms. The average Bonchev–Trinajstić information content (AvgIpc) is 2.72.